The van der Waals surface area contributed by atoms with Crippen LogP contribution >= 0.6 is 0 Å². The number of ether oxygens (including phenoxy) is 1. The van der Waals surface area contributed by atoms with Crippen molar-refractivity contribution < 1.29 is 4.74 Å². The molecule has 0 amide bonds. The van der Waals surface area contributed by atoms with Crippen molar-refractivity contribution in [3.8, 4) is 0 Å². The molecule has 1 atom stereocenters. The minimum Gasteiger partial charge on any atom is -0.373 e. The van der Waals surface area contributed by atoms with Crippen LogP contribution in [0.25, 0.3) is 0 Å². The minimum atomic E-state index is -0.0392. The monoisotopic (exact) mass is 251 g/mol. The Morgan fingerprint density at radius 3 is 2.39 bits per heavy atom. The molecule has 0 bridgehead atoms. The molecular formula is C14H25N3O. The fourth-order valence-corrected chi connectivity index (χ4v) is 1.86. The Labute approximate surface area is 110 Å². The van der Waals surface area contributed by atoms with Gasteiger partial charge in [-0.25, -0.2) is 9.97 Å². The fourth-order valence-electron chi connectivity index (χ4n) is 1.86. The second-order valence-corrected chi connectivity index (χ2v) is 5.29. The van der Waals surface area contributed by atoms with E-state index in [0.717, 1.165) is 23.8 Å². The smallest absolute Gasteiger partial charge is 0.157 e. The normalized spacial score (nSPS) is 13.3. The van der Waals surface area contributed by atoms with Gasteiger partial charge in [-0.05, 0) is 18.9 Å². The average Bonchev–Trinajstić information content (AvgIpc) is 2.26. The maximum atomic E-state index is 5.49. The molecule has 0 aliphatic heterocycles. The molecule has 102 valence electrons. The number of hydrogen-bond acceptors (Lipinski definition) is 4. The lowest BCUT2D eigenvalue weighted by Gasteiger charge is -2.19. The zero-order valence-corrected chi connectivity index (χ0v) is 12.3. The number of methoxy groups -OCH3 is 1. The summed E-state index contributed by atoms with van der Waals surface area (Å²) >= 11 is 0. The molecule has 4 heteroatoms. The molecule has 1 aromatic heterocycles. The first-order valence-electron chi connectivity index (χ1n) is 6.54. The van der Waals surface area contributed by atoms with E-state index in [9.17, 15) is 0 Å². The van der Waals surface area contributed by atoms with Crippen molar-refractivity contribution >= 4 is 0 Å². The molecule has 0 radical (unpaired) electrons. The van der Waals surface area contributed by atoms with Gasteiger partial charge in [-0.15, -0.1) is 0 Å². The van der Waals surface area contributed by atoms with E-state index < -0.39 is 0 Å². The van der Waals surface area contributed by atoms with E-state index in [1.165, 1.54) is 0 Å². The maximum Gasteiger partial charge on any atom is 0.157 e. The Hall–Kier alpha value is -1.00. The van der Waals surface area contributed by atoms with Crippen molar-refractivity contribution in [3.05, 3.63) is 23.3 Å². The van der Waals surface area contributed by atoms with Crippen molar-refractivity contribution in [1.29, 1.82) is 0 Å². The van der Waals surface area contributed by atoms with Crippen LogP contribution in [-0.4, -0.2) is 23.1 Å². The number of hydrogen-bond donors (Lipinski definition) is 1. The molecule has 0 aliphatic carbocycles. The van der Waals surface area contributed by atoms with Crippen LogP contribution in [0.1, 0.15) is 51.0 Å². The van der Waals surface area contributed by atoms with E-state index in [1.807, 2.05) is 13.0 Å². The highest BCUT2D eigenvalue weighted by molar-refractivity contribution is 5.11. The lowest BCUT2D eigenvalue weighted by atomic mass is 10.1. The summed E-state index contributed by atoms with van der Waals surface area (Å²) in [5.41, 5.74) is 2.01. The van der Waals surface area contributed by atoms with Crippen molar-refractivity contribution in [2.24, 2.45) is 5.92 Å². The summed E-state index contributed by atoms with van der Waals surface area (Å²) in [6.45, 7) is 11.2. The first-order chi connectivity index (χ1) is 8.43. The van der Waals surface area contributed by atoms with Crippen LogP contribution in [0, 0.1) is 12.8 Å². The molecule has 0 saturated carbocycles. The van der Waals surface area contributed by atoms with Gasteiger partial charge in [0.1, 0.15) is 6.10 Å². The standard InChI is InChI=1S/C14H25N3O/c1-9(2)13(18-6)14-16-11(5)7-12(17-14)8-15-10(3)4/h7,9-10,13,15H,8H2,1-6H3. The minimum absolute atomic E-state index is 0.0392. The number of nitrogens with zero attached hydrogens (tertiary/aromatic N) is 2. The predicted octanol–water partition coefficient (Wildman–Crippen LogP) is 2.63. The number of rotatable bonds is 6. The third-order valence-electron chi connectivity index (χ3n) is 2.73. The third kappa shape index (κ3) is 4.35. The van der Waals surface area contributed by atoms with Gasteiger partial charge in [0.05, 0.1) is 5.69 Å². The summed E-state index contributed by atoms with van der Waals surface area (Å²) < 4.78 is 5.49. The maximum absolute atomic E-state index is 5.49. The molecular weight excluding hydrogens is 226 g/mol. The first kappa shape index (κ1) is 15.1. The Morgan fingerprint density at radius 2 is 1.89 bits per heavy atom. The third-order valence-corrected chi connectivity index (χ3v) is 2.73. The van der Waals surface area contributed by atoms with Gasteiger partial charge < -0.3 is 10.1 Å². The van der Waals surface area contributed by atoms with Gasteiger partial charge in [0.25, 0.3) is 0 Å². The first-order valence-corrected chi connectivity index (χ1v) is 6.54. The number of aromatic nitrogens is 2. The summed E-state index contributed by atoms with van der Waals surface area (Å²) in [5.74, 6) is 1.15. The SMILES string of the molecule is COC(c1nc(C)cc(CNC(C)C)n1)C(C)C. The largest absolute Gasteiger partial charge is 0.373 e. The summed E-state index contributed by atoms with van der Waals surface area (Å²) in [5, 5.41) is 3.37. The second kappa shape index (κ2) is 6.81. The molecule has 0 aliphatic rings. The van der Waals surface area contributed by atoms with Gasteiger partial charge >= 0.3 is 0 Å². The lowest BCUT2D eigenvalue weighted by Crippen LogP contribution is -2.23. The molecule has 18 heavy (non-hydrogen) atoms. The van der Waals surface area contributed by atoms with Gasteiger partial charge in [0, 0.05) is 25.4 Å². The molecule has 0 aromatic carbocycles. The molecule has 1 rings (SSSR count). The Kier molecular flexibility index (Phi) is 5.69. The molecule has 0 saturated heterocycles. The molecule has 1 unspecified atom stereocenters. The molecule has 0 spiro atoms. The Morgan fingerprint density at radius 1 is 1.22 bits per heavy atom. The van der Waals surface area contributed by atoms with E-state index in [0.29, 0.717) is 12.0 Å². The summed E-state index contributed by atoms with van der Waals surface area (Å²) in [7, 11) is 1.71. The van der Waals surface area contributed by atoms with Gasteiger partial charge in [-0.1, -0.05) is 27.7 Å². The van der Waals surface area contributed by atoms with E-state index >= 15 is 0 Å². The van der Waals surface area contributed by atoms with E-state index in [4.69, 9.17) is 4.74 Å². The fraction of sp³-hybridized carbons (Fsp3) is 0.714. The van der Waals surface area contributed by atoms with Crippen molar-refractivity contribution in [3.63, 3.8) is 0 Å². The van der Waals surface area contributed by atoms with Crippen molar-refractivity contribution in [2.75, 3.05) is 7.11 Å². The summed E-state index contributed by atoms with van der Waals surface area (Å²) in [6.07, 6.45) is -0.0392. The van der Waals surface area contributed by atoms with Gasteiger partial charge in [-0.2, -0.15) is 0 Å². The van der Waals surface area contributed by atoms with Crippen LogP contribution in [0.15, 0.2) is 6.07 Å². The van der Waals surface area contributed by atoms with Gasteiger partial charge in [0.15, 0.2) is 5.82 Å². The van der Waals surface area contributed by atoms with Crippen LogP contribution in [0.2, 0.25) is 0 Å². The van der Waals surface area contributed by atoms with E-state index in [2.05, 4.69) is 43.0 Å². The number of nitrogens with one attached hydrogen (secondary N) is 1. The predicted molar refractivity (Wildman–Crippen MR) is 73.3 cm³/mol. The van der Waals surface area contributed by atoms with Crippen LogP contribution in [0.5, 0.6) is 0 Å². The highest BCUT2D eigenvalue weighted by Crippen LogP contribution is 2.22. The zero-order valence-electron chi connectivity index (χ0n) is 12.3. The molecule has 1 N–H and O–H groups in total. The lowest BCUT2D eigenvalue weighted by molar-refractivity contribution is 0.0571. The molecule has 0 fully saturated rings. The topological polar surface area (TPSA) is 47.0 Å². The summed E-state index contributed by atoms with van der Waals surface area (Å²) in [6, 6.07) is 2.47. The van der Waals surface area contributed by atoms with Crippen molar-refractivity contribution in [1.82, 2.24) is 15.3 Å². The van der Waals surface area contributed by atoms with Crippen LogP contribution in [-0.2, 0) is 11.3 Å². The zero-order chi connectivity index (χ0) is 13.7. The van der Waals surface area contributed by atoms with Gasteiger partial charge in [-0.3, -0.25) is 0 Å². The number of aryl methyl sites for hydroxylation is 1. The Balaban J connectivity index is 2.92. The summed E-state index contributed by atoms with van der Waals surface area (Å²) in [4.78, 5) is 9.09. The van der Waals surface area contributed by atoms with Crippen LogP contribution < -0.4 is 5.32 Å². The highest BCUT2D eigenvalue weighted by atomic mass is 16.5. The average molecular weight is 251 g/mol. The Bertz CT molecular complexity index is 377. The quantitative estimate of drug-likeness (QED) is 0.844. The highest BCUT2D eigenvalue weighted by Gasteiger charge is 2.18. The van der Waals surface area contributed by atoms with E-state index in [1.54, 1.807) is 7.11 Å². The van der Waals surface area contributed by atoms with Crippen molar-refractivity contribution in [2.45, 2.75) is 53.3 Å². The van der Waals surface area contributed by atoms with Crippen LogP contribution in [0.3, 0.4) is 0 Å². The second-order valence-electron chi connectivity index (χ2n) is 5.29. The molecule has 4 nitrogen and oxygen atoms in total. The molecule has 1 heterocycles. The van der Waals surface area contributed by atoms with E-state index in [-0.39, 0.29) is 6.10 Å². The molecule has 1 aromatic rings. The van der Waals surface area contributed by atoms with Gasteiger partial charge in [0.2, 0.25) is 0 Å². The van der Waals surface area contributed by atoms with Crippen LogP contribution in [0.4, 0.5) is 0 Å².